The lowest BCUT2D eigenvalue weighted by molar-refractivity contribution is -0.113. The summed E-state index contributed by atoms with van der Waals surface area (Å²) in [5.41, 5.74) is 1.58. The number of carbonyl (C=O) groups is 3. The van der Waals surface area contributed by atoms with E-state index in [4.69, 9.17) is 4.74 Å². The predicted molar refractivity (Wildman–Crippen MR) is 139 cm³/mol. The van der Waals surface area contributed by atoms with Gasteiger partial charge in [0.25, 0.3) is 5.91 Å². The number of hydrogen-bond acceptors (Lipinski definition) is 7. The van der Waals surface area contributed by atoms with Crippen LogP contribution in [0.5, 0.6) is 0 Å². The molecule has 36 heavy (non-hydrogen) atoms. The van der Waals surface area contributed by atoms with Gasteiger partial charge in [0, 0.05) is 17.8 Å². The van der Waals surface area contributed by atoms with Crippen molar-refractivity contribution in [3.63, 3.8) is 0 Å². The van der Waals surface area contributed by atoms with Crippen LogP contribution >= 0.6 is 11.8 Å². The minimum atomic E-state index is -0.403. The average Bonchev–Trinajstić information content (AvgIpc) is 3.29. The normalized spacial score (nSPS) is 11.7. The molecule has 1 atom stereocenters. The number of nitrogens with one attached hydrogen (secondary N) is 2. The SMILES string of the molecule is CCOC(=O)c1ccc(NC(=O)CSc2nnc([C@@H](NC(=O)c3ccccc3)C(C)C)n2CC)cc1. The van der Waals surface area contributed by atoms with E-state index < -0.39 is 5.97 Å². The molecule has 0 saturated heterocycles. The minimum absolute atomic E-state index is 0.0749. The van der Waals surface area contributed by atoms with Crippen LogP contribution in [0.1, 0.15) is 60.3 Å². The Hall–Kier alpha value is -3.66. The van der Waals surface area contributed by atoms with Crippen LogP contribution in [-0.4, -0.2) is 44.9 Å². The lowest BCUT2D eigenvalue weighted by Crippen LogP contribution is -2.33. The molecule has 0 bridgehead atoms. The Kier molecular flexibility index (Phi) is 9.63. The van der Waals surface area contributed by atoms with E-state index in [1.54, 1.807) is 43.3 Å². The molecule has 3 aromatic rings. The molecule has 2 N–H and O–H groups in total. The van der Waals surface area contributed by atoms with E-state index in [1.807, 2.05) is 43.5 Å². The second-order valence-electron chi connectivity index (χ2n) is 8.28. The van der Waals surface area contributed by atoms with Crippen molar-refractivity contribution in [2.75, 3.05) is 17.7 Å². The molecule has 0 aliphatic carbocycles. The lowest BCUT2D eigenvalue weighted by Gasteiger charge is -2.22. The molecular weight excluding hydrogens is 478 g/mol. The van der Waals surface area contributed by atoms with Gasteiger partial charge in [0.2, 0.25) is 5.91 Å². The van der Waals surface area contributed by atoms with Crippen molar-refractivity contribution < 1.29 is 19.1 Å². The van der Waals surface area contributed by atoms with Crippen molar-refractivity contribution in [2.24, 2.45) is 5.92 Å². The number of esters is 1. The van der Waals surface area contributed by atoms with E-state index in [1.165, 1.54) is 11.8 Å². The van der Waals surface area contributed by atoms with Gasteiger partial charge in [0.05, 0.1) is 24.0 Å². The summed E-state index contributed by atoms with van der Waals surface area (Å²) in [7, 11) is 0. The summed E-state index contributed by atoms with van der Waals surface area (Å²) < 4.78 is 6.89. The highest BCUT2D eigenvalue weighted by Crippen LogP contribution is 2.25. The lowest BCUT2D eigenvalue weighted by atomic mass is 10.0. The number of thioether (sulfide) groups is 1. The molecule has 190 valence electrons. The number of ether oxygens (including phenoxy) is 1. The molecule has 9 nitrogen and oxygen atoms in total. The Balaban J connectivity index is 1.64. The molecule has 1 aromatic heterocycles. The molecular formula is C26H31N5O4S. The molecule has 0 unspecified atom stereocenters. The molecule has 0 saturated carbocycles. The zero-order valence-corrected chi connectivity index (χ0v) is 21.7. The van der Waals surface area contributed by atoms with Gasteiger partial charge < -0.3 is 19.9 Å². The van der Waals surface area contributed by atoms with Crippen molar-refractivity contribution >= 4 is 35.2 Å². The second-order valence-corrected chi connectivity index (χ2v) is 9.22. The summed E-state index contributed by atoms with van der Waals surface area (Å²) in [6, 6.07) is 15.2. The van der Waals surface area contributed by atoms with Gasteiger partial charge in [-0.15, -0.1) is 10.2 Å². The molecule has 0 aliphatic rings. The monoisotopic (exact) mass is 509 g/mol. The van der Waals surface area contributed by atoms with Crippen molar-refractivity contribution in [2.45, 2.75) is 45.4 Å². The van der Waals surface area contributed by atoms with Crippen LogP contribution in [0.15, 0.2) is 59.8 Å². The Bertz CT molecular complexity index is 1180. The molecule has 10 heteroatoms. The van der Waals surface area contributed by atoms with Crippen LogP contribution in [-0.2, 0) is 16.1 Å². The first kappa shape index (κ1) is 26.9. The zero-order chi connectivity index (χ0) is 26.1. The third-order valence-corrected chi connectivity index (χ3v) is 6.31. The van der Waals surface area contributed by atoms with Gasteiger partial charge in [-0.05, 0) is 56.2 Å². The van der Waals surface area contributed by atoms with Crippen LogP contribution in [0, 0.1) is 5.92 Å². The molecule has 1 heterocycles. The number of hydrogen-bond donors (Lipinski definition) is 2. The summed E-state index contributed by atoms with van der Waals surface area (Å²) >= 11 is 1.27. The van der Waals surface area contributed by atoms with Crippen LogP contribution in [0.2, 0.25) is 0 Å². The third kappa shape index (κ3) is 6.94. The van der Waals surface area contributed by atoms with Crippen LogP contribution < -0.4 is 10.6 Å². The fraction of sp³-hybridized carbons (Fsp3) is 0.346. The number of benzene rings is 2. The standard InChI is InChI=1S/C26H31N5O4S/c1-5-31-23(22(17(3)4)28-24(33)18-10-8-7-9-11-18)29-30-26(31)36-16-21(32)27-20-14-12-19(13-15-20)25(34)35-6-2/h7-15,17,22H,5-6,16H2,1-4H3,(H,27,32)(H,28,33)/t22-/m0/s1. The smallest absolute Gasteiger partial charge is 0.338 e. The maximum Gasteiger partial charge on any atom is 0.338 e. The summed E-state index contributed by atoms with van der Waals surface area (Å²) in [6.07, 6.45) is 0. The van der Waals surface area contributed by atoms with E-state index in [9.17, 15) is 14.4 Å². The molecule has 2 amide bonds. The van der Waals surface area contributed by atoms with Crippen LogP contribution in [0.25, 0.3) is 0 Å². The molecule has 3 rings (SSSR count). The third-order valence-electron chi connectivity index (χ3n) is 5.34. The first-order valence-corrected chi connectivity index (χ1v) is 12.8. The van der Waals surface area contributed by atoms with Gasteiger partial charge in [-0.1, -0.05) is 43.8 Å². The quantitative estimate of drug-likeness (QED) is 0.292. The van der Waals surface area contributed by atoms with Gasteiger partial charge in [-0.3, -0.25) is 9.59 Å². The van der Waals surface area contributed by atoms with Crippen LogP contribution in [0.4, 0.5) is 5.69 Å². The average molecular weight is 510 g/mol. The second kappa shape index (κ2) is 12.9. The molecule has 0 fully saturated rings. The fourth-order valence-corrected chi connectivity index (χ4v) is 4.32. The van der Waals surface area contributed by atoms with Gasteiger partial charge in [-0.2, -0.15) is 0 Å². The minimum Gasteiger partial charge on any atom is -0.462 e. The van der Waals surface area contributed by atoms with Crippen molar-refractivity contribution in [3.05, 3.63) is 71.5 Å². The van der Waals surface area contributed by atoms with E-state index in [2.05, 4.69) is 20.8 Å². The van der Waals surface area contributed by atoms with Crippen molar-refractivity contribution in [3.8, 4) is 0 Å². The molecule has 0 spiro atoms. The van der Waals surface area contributed by atoms with Gasteiger partial charge >= 0.3 is 5.97 Å². The zero-order valence-electron chi connectivity index (χ0n) is 20.9. The number of amides is 2. The highest BCUT2D eigenvalue weighted by Gasteiger charge is 2.26. The first-order valence-electron chi connectivity index (χ1n) is 11.8. The number of carbonyl (C=O) groups excluding carboxylic acids is 3. The first-order chi connectivity index (χ1) is 17.3. The van der Waals surface area contributed by atoms with Crippen molar-refractivity contribution in [1.29, 1.82) is 0 Å². The topological polar surface area (TPSA) is 115 Å². The largest absolute Gasteiger partial charge is 0.462 e. The van der Waals surface area contributed by atoms with E-state index in [0.29, 0.717) is 40.9 Å². The fourth-order valence-electron chi connectivity index (χ4n) is 3.51. The Morgan fingerprint density at radius 1 is 0.972 bits per heavy atom. The van der Waals surface area contributed by atoms with Crippen LogP contribution in [0.3, 0.4) is 0 Å². The Morgan fingerprint density at radius 3 is 2.28 bits per heavy atom. The van der Waals surface area contributed by atoms with Crippen molar-refractivity contribution in [1.82, 2.24) is 20.1 Å². The summed E-state index contributed by atoms with van der Waals surface area (Å²) in [5, 5.41) is 15.1. The van der Waals surface area contributed by atoms with Gasteiger partial charge in [-0.25, -0.2) is 4.79 Å². The van der Waals surface area contributed by atoms with E-state index in [-0.39, 0.29) is 29.5 Å². The molecule has 0 radical (unpaired) electrons. The van der Waals surface area contributed by atoms with E-state index in [0.717, 1.165) is 0 Å². The number of anilines is 1. The van der Waals surface area contributed by atoms with Gasteiger partial charge in [0.15, 0.2) is 11.0 Å². The maximum absolute atomic E-state index is 12.8. The Morgan fingerprint density at radius 2 is 1.67 bits per heavy atom. The predicted octanol–water partition coefficient (Wildman–Crippen LogP) is 4.33. The summed E-state index contributed by atoms with van der Waals surface area (Å²) in [5.74, 6) is 0.0531. The number of nitrogens with zero attached hydrogens (tertiary/aromatic N) is 3. The number of aromatic nitrogens is 3. The number of rotatable bonds is 11. The Labute approximate surface area is 215 Å². The summed E-state index contributed by atoms with van der Waals surface area (Å²) in [4.78, 5) is 37.1. The maximum atomic E-state index is 12.8. The van der Waals surface area contributed by atoms with Gasteiger partial charge in [0.1, 0.15) is 0 Å². The molecule has 0 aliphatic heterocycles. The highest BCUT2D eigenvalue weighted by molar-refractivity contribution is 7.99. The molecule has 2 aromatic carbocycles. The highest BCUT2D eigenvalue weighted by atomic mass is 32.2. The summed E-state index contributed by atoms with van der Waals surface area (Å²) in [6.45, 7) is 8.63. The van der Waals surface area contributed by atoms with E-state index >= 15 is 0 Å².